The van der Waals surface area contributed by atoms with E-state index in [1.807, 2.05) is 6.92 Å². The number of nitrogen functional groups attached to an aromatic ring is 1. The number of ether oxygens (including phenoxy) is 1. The van der Waals surface area contributed by atoms with Crippen LogP contribution in [-0.4, -0.2) is 22.5 Å². The number of nitrogens with zero attached hydrogens (tertiary/aromatic N) is 2. The molecule has 0 amide bonds. The molecule has 0 unspecified atom stereocenters. The van der Waals surface area contributed by atoms with Gasteiger partial charge in [0.15, 0.2) is 0 Å². The lowest BCUT2D eigenvalue weighted by Gasteiger charge is -2.04. The van der Waals surface area contributed by atoms with E-state index in [9.17, 15) is 4.79 Å². The van der Waals surface area contributed by atoms with Gasteiger partial charge in [-0.15, -0.1) is 23.1 Å². The molecule has 1 aromatic carbocycles. The van der Waals surface area contributed by atoms with E-state index >= 15 is 0 Å². The minimum Gasteiger partial charge on any atom is -0.462 e. The Morgan fingerprint density at radius 1 is 1.24 bits per heavy atom. The summed E-state index contributed by atoms with van der Waals surface area (Å²) in [6.07, 6.45) is 0. The smallest absolute Gasteiger partial charge is 0.348 e. The summed E-state index contributed by atoms with van der Waals surface area (Å²) in [6.45, 7) is 6.04. The van der Waals surface area contributed by atoms with Crippen molar-refractivity contribution in [2.24, 2.45) is 0 Å². The molecule has 0 fully saturated rings. The van der Waals surface area contributed by atoms with Crippen molar-refractivity contribution >= 4 is 45.1 Å². The molecule has 0 aliphatic rings. The molecule has 25 heavy (non-hydrogen) atoms. The van der Waals surface area contributed by atoms with Crippen LogP contribution in [0, 0.1) is 13.8 Å². The predicted molar refractivity (Wildman–Crippen MR) is 103 cm³/mol. The Balaban J connectivity index is 1.88. The molecule has 3 aromatic rings. The Morgan fingerprint density at radius 3 is 2.64 bits per heavy atom. The van der Waals surface area contributed by atoms with E-state index in [1.165, 1.54) is 16.9 Å². The Kier molecular flexibility index (Phi) is 5.24. The van der Waals surface area contributed by atoms with E-state index in [4.69, 9.17) is 10.5 Å². The van der Waals surface area contributed by atoms with Crippen LogP contribution in [-0.2, 0) is 10.5 Å². The van der Waals surface area contributed by atoms with Gasteiger partial charge in [0.1, 0.15) is 21.3 Å². The van der Waals surface area contributed by atoms with Gasteiger partial charge in [0.2, 0.25) is 0 Å². The fraction of sp³-hybridized carbons (Fsp3) is 0.278. The number of carbonyl (C=O) groups is 1. The maximum atomic E-state index is 12.1. The number of carbonyl (C=O) groups excluding carboxylic acids is 1. The molecule has 130 valence electrons. The number of nitrogens with two attached hydrogens (primary N) is 1. The fourth-order valence-corrected chi connectivity index (χ4v) is 4.31. The number of hydrogen-bond donors (Lipinski definition) is 1. The average Bonchev–Trinajstić information content (AvgIpc) is 2.92. The zero-order valence-electron chi connectivity index (χ0n) is 14.3. The molecule has 5 nitrogen and oxygen atoms in total. The SMILES string of the molecule is CCOC(=O)c1sc2nc(CSc3ccc(C)cc3)nc(N)c2c1C. The van der Waals surface area contributed by atoms with Gasteiger partial charge in [-0.25, -0.2) is 14.8 Å². The van der Waals surface area contributed by atoms with Crippen molar-refractivity contribution in [3.05, 3.63) is 46.1 Å². The monoisotopic (exact) mass is 373 g/mol. The molecule has 0 aliphatic heterocycles. The van der Waals surface area contributed by atoms with E-state index in [1.54, 1.807) is 18.7 Å². The number of thiophene rings is 1. The van der Waals surface area contributed by atoms with Crippen LogP contribution in [0.5, 0.6) is 0 Å². The quantitative estimate of drug-likeness (QED) is 0.529. The lowest BCUT2D eigenvalue weighted by atomic mass is 10.2. The zero-order chi connectivity index (χ0) is 18.0. The summed E-state index contributed by atoms with van der Waals surface area (Å²) in [5.41, 5.74) is 8.14. The molecule has 2 N–H and O–H groups in total. The van der Waals surface area contributed by atoms with Gasteiger partial charge in [0.05, 0.1) is 17.7 Å². The van der Waals surface area contributed by atoms with Crippen LogP contribution < -0.4 is 5.73 Å². The molecule has 7 heteroatoms. The maximum Gasteiger partial charge on any atom is 0.348 e. The van der Waals surface area contributed by atoms with Crippen molar-refractivity contribution in [1.82, 2.24) is 9.97 Å². The molecule has 0 spiro atoms. The third kappa shape index (κ3) is 3.77. The highest BCUT2D eigenvalue weighted by Gasteiger charge is 2.20. The molecular formula is C18H19N3O2S2. The van der Waals surface area contributed by atoms with Crippen molar-refractivity contribution < 1.29 is 9.53 Å². The Labute approximate surface area is 154 Å². The summed E-state index contributed by atoms with van der Waals surface area (Å²) >= 11 is 2.97. The van der Waals surface area contributed by atoms with Crippen LogP contribution in [0.2, 0.25) is 0 Å². The highest BCUT2D eigenvalue weighted by atomic mass is 32.2. The fourth-order valence-electron chi connectivity index (χ4n) is 2.45. The summed E-state index contributed by atoms with van der Waals surface area (Å²) in [4.78, 5) is 23.5. The van der Waals surface area contributed by atoms with Gasteiger partial charge in [-0.05, 0) is 38.5 Å². The summed E-state index contributed by atoms with van der Waals surface area (Å²) < 4.78 is 5.10. The number of benzene rings is 1. The van der Waals surface area contributed by atoms with E-state index in [-0.39, 0.29) is 5.97 Å². The highest BCUT2D eigenvalue weighted by Crippen LogP contribution is 2.34. The van der Waals surface area contributed by atoms with E-state index in [0.717, 1.165) is 20.7 Å². The Morgan fingerprint density at radius 2 is 1.96 bits per heavy atom. The van der Waals surface area contributed by atoms with Gasteiger partial charge in [-0.1, -0.05) is 17.7 Å². The first-order chi connectivity index (χ1) is 12.0. The number of aromatic nitrogens is 2. The largest absolute Gasteiger partial charge is 0.462 e. The lowest BCUT2D eigenvalue weighted by Crippen LogP contribution is -2.03. The molecule has 0 saturated heterocycles. The average molecular weight is 374 g/mol. The molecule has 0 radical (unpaired) electrons. The van der Waals surface area contributed by atoms with Crippen LogP contribution in [0.4, 0.5) is 5.82 Å². The number of aryl methyl sites for hydroxylation is 2. The second kappa shape index (κ2) is 7.41. The van der Waals surface area contributed by atoms with Gasteiger partial charge in [0.25, 0.3) is 0 Å². The van der Waals surface area contributed by atoms with Crippen LogP contribution in [0.1, 0.15) is 33.5 Å². The van der Waals surface area contributed by atoms with Gasteiger partial charge in [0, 0.05) is 4.90 Å². The van der Waals surface area contributed by atoms with Crippen LogP contribution >= 0.6 is 23.1 Å². The molecule has 0 saturated carbocycles. The normalized spacial score (nSPS) is 11.0. The highest BCUT2D eigenvalue weighted by molar-refractivity contribution is 7.98. The van der Waals surface area contributed by atoms with Crippen molar-refractivity contribution in [3.63, 3.8) is 0 Å². The predicted octanol–water partition coefficient (Wildman–Crippen LogP) is 4.36. The maximum absolute atomic E-state index is 12.1. The lowest BCUT2D eigenvalue weighted by molar-refractivity contribution is 0.0531. The number of thioether (sulfide) groups is 1. The molecule has 0 bridgehead atoms. The summed E-state index contributed by atoms with van der Waals surface area (Å²) in [5, 5.41) is 0.747. The van der Waals surface area contributed by atoms with E-state index < -0.39 is 0 Å². The third-order valence-electron chi connectivity index (χ3n) is 3.71. The summed E-state index contributed by atoms with van der Waals surface area (Å²) in [6, 6.07) is 8.32. The van der Waals surface area contributed by atoms with Crippen LogP contribution in [0.3, 0.4) is 0 Å². The van der Waals surface area contributed by atoms with E-state index in [2.05, 4.69) is 41.2 Å². The van der Waals surface area contributed by atoms with Crippen molar-refractivity contribution in [2.45, 2.75) is 31.4 Å². The molecule has 3 rings (SSSR count). The minimum atomic E-state index is -0.335. The number of fused-ring (bicyclic) bond motifs is 1. The minimum absolute atomic E-state index is 0.335. The van der Waals surface area contributed by atoms with Crippen molar-refractivity contribution in [3.8, 4) is 0 Å². The molecule has 0 aliphatic carbocycles. The van der Waals surface area contributed by atoms with Gasteiger partial charge in [-0.2, -0.15) is 0 Å². The van der Waals surface area contributed by atoms with Crippen LogP contribution in [0.15, 0.2) is 29.2 Å². The Bertz CT molecular complexity index is 920. The summed E-state index contributed by atoms with van der Waals surface area (Å²) in [7, 11) is 0. The first kappa shape index (κ1) is 17.7. The second-order valence-corrected chi connectivity index (χ2v) is 7.63. The molecule has 0 atom stereocenters. The standard InChI is InChI=1S/C18H19N3O2S2/c1-4-23-18(22)15-11(3)14-16(19)20-13(21-17(14)25-15)9-24-12-7-5-10(2)6-8-12/h5-8H,4,9H2,1-3H3,(H2,19,20,21). The van der Waals surface area contributed by atoms with Gasteiger partial charge >= 0.3 is 5.97 Å². The first-order valence-corrected chi connectivity index (χ1v) is 9.72. The number of anilines is 1. The second-order valence-electron chi connectivity index (χ2n) is 5.58. The molecule has 2 aromatic heterocycles. The number of esters is 1. The van der Waals surface area contributed by atoms with Gasteiger partial charge < -0.3 is 10.5 Å². The van der Waals surface area contributed by atoms with Crippen molar-refractivity contribution in [2.75, 3.05) is 12.3 Å². The molecule has 2 heterocycles. The Hall–Kier alpha value is -2.12. The van der Waals surface area contributed by atoms with Gasteiger partial charge in [-0.3, -0.25) is 0 Å². The number of rotatable bonds is 5. The summed E-state index contributed by atoms with van der Waals surface area (Å²) in [5.74, 6) is 1.36. The third-order valence-corrected chi connectivity index (χ3v) is 5.89. The molecular weight excluding hydrogens is 354 g/mol. The zero-order valence-corrected chi connectivity index (χ0v) is 16.0. The van der Waals surface area contributed by atoms with Crippen LogP contribution in [0.25, 0.3) is 10.2 Å². The van der Waals surface area contributed by atoms with E-state index in [0.29, 0.717) is 28.9 Å². The number of hydrogen-bond acceptors (Lipinski definition) is 7. The topological polar surface area (TPSA) is 78.1 Å². The first-order valence-electron chi connectivity index (χ1n) is 7.91. The van der Waals surface area contributed by atoms with Crippen molar-refractivity contribution in [1.29, 1.82) is 0 Å².